The van der Waals surface area contributed by atoms with Crippen LogP contribution in [0.1, 0.15) is 28.2 Å². The highest BCUT2D eigenvalue weighted by molar-refractivity contribution is 5.89. The normalized spacial score (nSPS) is 13.4. The summed E-state index contributed by atoms with van der Waals surface area (Å²) in [7, 11) is 1.35. The molecule has 3 rings (SSSR count). The Labute approximate surface area is 109 Å². The van der Waals surface area contributed by atoms with E-state index in [1.807, 2.05) is 0 Å². The van der Waals surface area contributed by atoms with Crippen molar-refractivity contribution in [3.63, 3.8) is 0 Å². The minimum Gasteiger partial charge on any atom is -0.464 e. The number of halogens is 1. The number of ether oxygens (including phenoxy) is 1. The number of esters is 1. The van der Waals surface area contributed by atoms with Crippen LogP contribution in [0.5, 0.6) is 0 Å². The van der Waals surface area contributed by atoms with E-state index in [9.17, 15) is 9.18 Å². The summed E-state index contributed by atoms with van der Waals surface area (Å²) >= 11 is 0. The lowest BCUT2D eigenvalue weighted by Crippen LogP contribution is -2.06. The molecule has 0 radical (unpaired) electrons. The fourth-order valence-electron chi connectivity index (χ4n) is 2.49. The number of carbonyl (C=O) groups excluding carboxylic acids is 1. The highest BCUT2D eigenvalue weighted by atomic mass is 19.1. The molecule has 0 atom stereocenters. The van der Waals surface area contributed by atoms with Gasteiger partial charge in [0, 0.05) is 11.3 Å². The third-order valence-electron chi connectivity index (χ3n) is 3.38. The quantitative estimate of drug-likeness (QED) is 0.778. The van der Waals surface area contributed by atoms with Crippen molar-refractivity contribution in [1.29, 1.82) is 0 Å². The molecule has 1 aliphatic carbocycles. The third kappa shape index (κ3) is 1.91. The molecule has 0 saturated carbocycles. The number of hydrogen-bond donors (Lipinski definition) is 0. The number of carbonyl (C=O) groups is 1. The van der Waals surface area contributed by atoms with Crippen LogP contribution in [0, 0.1) is 5.82 Å². The first-order valence-electron chi connectivity index (χ1n) is 6.15. The number of nitrogens with zero attached hydrogens (tertiary/aromatic N) is 2. The van der Waals surface area contributed by atoms with Crippen LogP contribution in [0.2, 0.25) is 0 Å². The number of benzene rings is 1. The number of aromatic nitrogens is 2. The molecule has 0 N–H and O–H groups in total. The Hall–Kier alpha value is -2.17. The predicted molar refractivity (Wildman–Crippen MR) is 66.9 cm³/mol. The Bertz CT molecular complexity index is 632. The summed E-state index contributed by atoms with van der Waals surface area (Å²) in [6, 6.07) is 6.08. The van der Waals surface area contributed by atoms with Gasteiger partial charge in [-0.2, -0.15) is 5.10 Å². The van der Waals surface area contributed by atoms with Gasteiger partial charge in [0.2, 0.25) is 0 Å². The van der Waals surface area contributed by atoms with Crippen LogP contribution in [0.25, 0.3) is 5.69 Å². The Morgan fingerprint density at radius 1 is 1.32 bits per heavy atom. The van der Waals surface area contributed by atoms with E-state index in [1.165, 1.54) is 19.2 Å². The molecule has 0 unspecified atom stereocenters. The third-order valence-corrected chi connectivity index (χ3v) is 3.38. The van der Waals surface area contributed by atoms with Crippen LogP contribution in [0.4, 0.5) is 4.39 Å². The fraction of sp³-hybridized carbons (Fsp3) is 0.286. The highest BCUT2D eigenvalue weighted by Gasteiger charge is 2.27. The number of fused-ring (bicyclic) bond motifs is 1. The lowest BCUT2D eigenvalue weighted by molar-refractivity contribution is 0.0592. The highest BCUT2D eigenvalue weighted by Crippen LogP contribution is 2.28. The Kier molecular flexibility index (Phi) is 2.81. The Morgan fingerprint density at radius 2 is 2.05 bits per heavy atom. The van der Waals surface area contributed by atoms with Crippen molar-refractivity contribution in [3.8, 4) is 5.69 Å². The van der Waals surface area contributed by atoms with Crippen LogP contribution < -0.4 is 0 Å². The number of methoxy groups -OCH3 is 1. The predicted octanol–water partition coefficient (Wildman–Crippen LogP) is 2.29. The Morgan fingerprint density at radius 3 is 2.74 bits per heavy atom. The maximum Gasteiger partial charge on any atom is 0.358 e. The van der Waals surface area contributed by atoms with Crippen molar-refractivity contribution in [2.75, 3.05) is 7.11 Å². The molecule has 4 nitrogen and oxygen atoms in total. The molecule has 5 heteroatoms. The van der Waals surface area contributed by atoms with Crippen molar-refractivity contribution in [2.45, 2.75) is 19.3 Å². The van der Waals surface area contributed by atoms with Crippen molar-refractivity contribution < 1.29 is 13.9 Å². The first-order valence-corrected chi connectivity index (χ1v) is 6.15. The summed E-state index contributed by atoms with van der Waals surface area (Å²) in [5.41, 5.74) is 3.11. The van der Waals surface area contributed by atoms with Crippen LogP contribution in [0.15, 0.2) is 24.3 Å². The van der Waals surface area contributed by atoms with Crippen LogP contribution in [-0.2, 0) is 17.6 Å². The second-order valence-corrected chi connectivity index (χ2v) is 4.51. The van der Waals surface area contributed by atoms with Gasteiger partial charge < -0.3 is 4.74 Å². The number of hydrogen-bond acceptors (Lipinski definition) is 3. The summed E-state index contributed by atoms with van der Waals surface area (Å²) < 4.78 is 19.4. The van der Waals surface area contributed by atoms with Crippen LogP contribution >= 0.6 is 0 Å². The van der Waals surface area contributed by atoms with Gasteiger partial charge >= 0.3 is 5.97 Å². The molecular weight excluding hydrogens is 247 g/mol. The average Bonchev–Trinajstić information content (AvgIpc) is 3.01. The van der Waals surface area contributed by atoms with Crippen molar-refractivity contribution in [1.82, 2.24) is 9.78 Å². The van der Waals surface area contributed by atoms with E-state index in [0.29, 0.717) is 5.69 Å². The van der Waals surface area contributed by atoms with E-state index in [0.717, 1.165) is 36.2 Å². The number of rotatable bonds is 2. The largest absolute Gasteiger partial charge is 0.464 e. The zero-order valence-electron chi connectivity index (χ0n) is 10.5. The molecule has 2 aromatic rings. The van der Waals surface area contributed by atoms with Crippen LogP contribution in [0.3, 0.4) is 0 Å². The summed E-state index contributed by atoms with van der Waals surface area (Å²) in [6.07, 6.45) is 2.70. The zero-order chi connectivity index (χ0) is 13.4. The lowest BCUT2D eigenvalue weighted by Gasteiger charge is -2.04. The van der Waals surface area contributed by atoms with E-state index in [-0.39, 0.29) is 5.82 Å². The second-order valence-electron chi connectivity index (χ2n) is 4.51. The summed E-state index contributed by atoms with van der Waals surface area (Å²) in [5.74, 6) is -0.709. The molecule has 1 heterocycles. The molecular formula is C14H13FN2O2. The van der Waals surface area contributed by atoms with Gasteiger partial charge in [-0.1, -0.05) is 0 Å². The van der Waals surface area contributed by atoms with Gasteiger partial charge in [-0.15, -0.1) is 0 Å². The van der Waals surface area contributed by atoms with E-state index in [4.69, 9.17) is 4.74 Å². The standard InChI is InChI=1S/C14H13FN2O2/c1-19-14(18)13-11-3-2-4-12(11)17(16-13)10-7-5-9(15)6-8-10/h5-8H,2-4H2,1H3. The first-order chi connectivity index (χ1) is 9.20. The van der Waals surface area contributed by atoms with E-state index < -0.39 is 5.97 Å². The monoisotopic (exact) mass is 260 g/mol. The summed E-state index contributed by atoms with van der Waals surface area (Å²) in [6.45, 7) is 0. The molecule has 98 valence electrons. The fourth-order valence-corrected chi connectivity index (χ4v) is 2.49. The molecule has 0 bridgehead atoms. The van der Waals surface area contributed by atoms with Gasteiger partial charge in [-0.25, -0.2) is 13.9 Å². The molecule has 0 amide bonds. The van der Waals surface area contributed by atoms with Gasteiger partial charge in [0.25, 0.3) is 0 Å². The molecule has 1 aromatic carbocycles. The molecule has 0 fully saturated rings. The van der Waals surface area contributed by atoms with Crippen molar-refractivity contribution in [2.24, 2.45) is 0 Å². The molecule has 1 aliphatic rings. The zero-order valence-corrected chi connectivity index (χ0v) is 10.5. The van der Waals surface area contributed by atoms with Gasteiger partial charge in [0.05, 0.1) is 12.8 Å². The van der Waals surface area contributed by atoms with Crippen molar-refractivity contribution >= 4 is 5.97 Å². The maximum absolute atomic E-state index is 13.0. The van der Waals surface area contributed by atoms with Gasteiger partial charge in [-0.3, -0.25) is 0 Å². The van der Waals surface area contributed by atoms with E-state index in [1.54, 1.807) is 16.8 Å². The average molecular weight is 260 g/mol. The van der Waals surface area contributed by atoms with Gasteiger partial charge in [-0.05, 0) is 43.5 Å². The molecule has 19 heavy (non-hydrogen) atoms. The molecule has 0 spiro atoms. The Balaban J connectivity index is 2.12. The topological polar surface area (TPSA) is 44.1 Å². The first kappa shape index (κ1) is 11.9. The van der Waals surface area contributed by atoms with E-state index in [2.05, 4.69) is 5.10 Å². The minimum absolute atomic E-state index is 0.291. The second kappa shape index (κ2) is 4.50. The molecule has 0 aliphatic heterocycles. The SMILES string of the molecule is COC(=O)c1nn(-c2ccc(F)cc2)c2c1CCC2. The smallest absolute Gasteiger partial charge is 0.358 e. The summed E-state index contributed by atoms with van der Waals surface area (Å²) in [4.78, 5) is 11.7. The minimum atomic E-state index is -0.418. The van der Waals surface area contributed by atoms with Gasteiger partial charge in [0.1, 0.15) is 5.82 Å². The van der Waals surface area contributed by atoms with E-state index >= 15 is 0 Å². The maximum atomic E-state index is 13.0. The summed E-state index contributed by atoms with van der Waals surface area (Å²) in [5, 5.41) is 4.32. The lowest BCUT2D eigenvalue weighted by atomic mass is 10.2. The van der Waals surface area contributed by atoms with Crippen LogP contribution in [-0.4, -0.2) is 22.9 Å². The van der Waals surface area contributed by atoms with Crippen molar-refractivity contribution in [3.05, 3.63) is 47.0 Å². The molecule has 1 aromatic heterocycles. The molecule has 0 saturated heterocycles. The van der Waals surface area contributed by atoms with Gasteiger partial charge in [0.15, 0.2) is 5.69 Å².